The molecule has 1 saturated heterocycles. The van der Waals surface area contributed by atoms with Crippen LogP contribution in [0.4, 0.5) is 4.79 Å². The summed E-state index contributed by atoms with van der Waals surface area (Å²) in [6, 6.07) is 9.25. The third-order valence-electron chi connectivity index (χ3n) is 3.08. The number of amides is 1. The fraction of sp³-hybridized carbons (Fsp3) is 0.500. The Morgan fingerprint density at radius 2 is 1.95 bits per heavy atom. The van der Waals surface area contributed by atoms with E-state index < -0.39 is 11.7 Å². The molecule has 0 unspecified atom stereocenters. The van der Waals surface area contributed by atoms with Crippen LogP contribution in [0, 0.1) is 0 Å². The van der Waals surface area contributed by atoms with Gasteiger partial charge in [0.1, 0.15) is 11.7 Å². The minimum Gasteiger partial charge on any atom is -0.457 e. The van der Waals surface area contributed by atoms with Crippen molar-refractivity contribution in [3.05, 3.63) is 35.9 Å². The summed E-state index contributed by atoms with van der Waals surface area (Å²) in [4.78, 5) is 23.5. The number of hydrogen-bond acceptors (Lipinski definition) is 4. The van der Waals surface area contributed by atoms with E-state index in [1.54, 1.807) is 20.8 Å². The highest BCUT2D eigenvalue weighted by Crippen LogP contribution is 2.28. The number of esters is 1. The van der Waals surface area contributed by atoms with Gasteiger partial charge in [-0.25, -0.2) is 4.79 Å². The Bertz CT molecular complexity index is 507. The lowest BCUT2D eigenvalue weighted by Gasteiger charge is -2.30. The fourth-order valence-electron chi connectivity index (χ4n) is 2.25. The number of carbonyl (C=O) groups is 2. The molecule has 1 fully saturated rings. The molecule has 0 aliphatic carbocycles. The number of ether oxygens (including phenoxy) is 2. The first-order valence-corrected chi connectivity index (χ1v) is 7.07. The molecule has 21 heavy (non-hydrogen) atoms. The molecule has 5 heteroatoms. The summed E-state index contributed by atoms with van der Waals surface area (Å²) in [7, 11) is 0. The van der Waals surface area contributed by atoms with E-state index >= 15 is 0 Å². The summed E-state index contributed by atoms with van der Waals surface area (Å²) in [5.41, 5.74) is 0.375. The first-order valence-electron chi connectivity index (χ1n) is 7.07. The average Bonchev–Trinajstić information content (AvgIpc) is 2.36. The van der Waals surface area contributed by atoms with Crippen molar-refractivity contribution in [1.29, 1.82) is 0 Å². The summed E-state index contributed by atoms with van der Waals surface area (Å²) < 4.78 is 10.6. The van der Waals surface area contributed by atoms with Crippen LogP contribution in [0.15, 0.2) is 30.3 Å². The zero-order valence-corrected chi connectivity index (χ0v) is 12.6. The zero-order valence-electron chi connectivity index (χ0n) is 12.6. The molecule has 1 aromatic rings. The molecule has 5 nitrogen and oxygen atoms in total. The van der Waals surface area contributed by atoms with Gasteiger partial charge in [0.25, 0.3) is 0 Å². The van der Waals surface area contributed by atoms with E-state index in [4.69, 9.17) is 9.47 Å². The maximum atomic E-state index is 11.8. The Morgan fingerprint density at radius 3 is 2.57 bits per heavy atom. The van der Waals surface area contributed by atoms with Crippen LogP contribution in [0.5, 0.6) is 0 Å². The smallest absolute Gasteiger partial charge is 0.407 e. The van der Waals surface area contributed by atoms with Crippen LogP contribution in [0.3, 0.4) is 0 Å². The lowest BCUT2D eigenvalue weighted by Crippen LogP contribution is -2.43. The summed E-state index contributed by atoms with van der Waals surface area (Å²) in [6.07, 6.45) is -0.112. The van der Waals surface area contributed by atoms with Gasteiger partial charge < -0.3 is 14.8 Å². The van der Waals surface area contributed by atoms with E-state index in [1.807, 2.05) is 30.3 Å². The second-order valence-electron chi connectivity index (χ2n) is 6.17. The van der Waals surface area contributed by atoms with Crippen molar-refractivity contribution in [2.24, 2.45) is 0 Å². The SMILES string of the molecule is CC(C)(C)OC(=O)N[C@@H]1CC(=O)O[C@@H](c2ccccc2)C1. The molecule has 0 spiro atoms. The van der Waals surface area contributed by atoms with Crippen molar-refractivity contribution >= 4 is 12.1 Å². The van der Waals surface area contributed by atoms with E-state index in [9.17, 15) is 9.59 Å². The molecule has 1 aliphatic heterocycles. The van der Waals surface area contributed by atoms with Gasteiger partial charge in [0.05, 0.1) is 6.42 Å². The van der Waals surface area contributed by atoms with Crippen molar-refractivity contribution < 1.29 is 19.1 Å². The largest absolute Gasteiger partial charge is 0.457 e. The molecule has 2 rings (SSSR count). The van der Waals surface area contributed by atoms with Gasteiger partial charge in [0.15, 0.2) is 0 Å². The third kappa shape index (κ3) is 4.77. The molecule has 1 aromatic carbocycles. The molecule has 114 valence electrons. The van der Waals surface area contributed by atoms with Gasteiger partial charge in [-0.05, 0) is 26.3 Å². The van der Waals surface area contributed by atoms with Gasteiger partial charge in [-0.2, -0.15) is 0 Å². The van der Waals surface area contributed by atoms with Crippen molar-refractivity contribution in [3.63, 3.8) is 0 Å². The highest BCUT2D eigenvalue weighted by atomic mass is 16.6. The summed E-state index contributed by atoms with van der Waals surface area (Å²) in [5.74, 6) is -0.309. The Hall–Kier alpha value is -2.04. The van der Waals surface area contributed by atoms with Crippen molar-refractivity contribution in [3.8, 4) is 0 Å². The van der Waals surface area contributed by atoms with Crippen molar-refractivity contribution in [1.82, 2.24) is 5.32 Å². The molecule has 0 aromatic heterocycles. The minimum absolute atomic E-state index is 0.169. The topological polar surface area (TPSA) is 64.6 Å². The number of benzene rings is 1. The molecule has 0 bridgehead atoms. The molecule has 1 amide bonds. The number of nitrogens with one attached hydrogen (secondary N) is 1. The first kappa shape index (κ1) is 15.4. The van der Waals surface area contributed by atoms with Crippen molar-refractivity contribution in [2.75, 3.05) is 0 Å². The quantitative estimate of drug-likeness (QED) is 0.851. The van der Waals surface area contributed by atoms with E-state index in [1.165, 1.54) is 0 Å². The average molecular weight is 291 g/mol. The molecular weight excluding hydrogens is 270 g/mol. The van der Waals surface area contributed by atoms with Gasteiger partial charge in [0.2, 0.25) is 0 Å². The molecule has 0 saturated carbocycles. The third-order valence-corrected chi connectivity index (χ3v) is 3.08. The van der Waals surface area contributed by atoms with Gasteiger partial charge in [-0.3, -0.25) is 4.79 Å². The molecule has 1 heterocycles. The van der Waals surface area contributed by atoms with Gasteiger partial charge in [-0.1, -0.05) is 30.3 Å². The van der Waals surface area contributed by atoms with Crippen molar-refractivity contribution in [2.45, 2.75) is 51.4 Å². The van der Waals surface area contributed by atoms with Crippen LogP contribution in [0.2, 0.25) is 0 Å². The van der Waals surface area contributed by atoms with Crippen LogP contribution in [0.25, 0.3) is 0 Å². The Morgan fingerprint density at radius 1 is 1.29 bits per heavy atom. The van der Waals surface area contributed by atoms with Gasteiger partial charge >= 0.3 is 12.1 Å². The van der Waals surface area contributed by atoms with Gasteiger partial charge in [0, 0.05) is 12.5 Å². The Kier molecular flexibility index (Phi) is 4.50. The zero-order chi connectivity index (χ0) is 15.5. The Balaban J connectivity index is 1.98. The van der Waals surface area contributed by atoms with Crippen LogP contribution >= 0.6 is 0 Å². The lowest BCUT2D eigenvalue weighted by molar-refractivity contribution is -0.155. The predicted molar refractivity (Wildman–Crippen MR) is 77.7 cm³/mol. The number of alkyl carbamates (subject to hydrolysis) is 1. The number of cyclic esters (lactones) is 1. The Labute approximate surface area is 124 Å². The molecule has 2 atom stereocenters. The maximum absolute atomic E-state index is 11.8. The summed E-state index contributed by atoms with van der Waals surface area (Å²) >= 11 is 0. The van der Waals surface area contributed by atoms with E-state index in [-0.39, 0.29) is 24.5 Å². The monoisotopic (exact) mass is 291 g/mol. The minimum atomic E-state index is -0.557. The molecular formula is C16H21NO4. The highest BCUT2D eigenvalue weighted by molar-refractivity contribution is 5.74. The summed E-state index contributed by atoms with van der Waals surface area (Å²) in [5, 5.41) is 2.74. The number of hydrogen-bond donors (Lipinski definition) is 1. The predicted octanol–water partition coefficient (Wildman–Crippen LogP) is 2.96. The number of rotatable bonds is 2. The first-order chi connectivity index (χ1) is 9.83. The highest BCUT2D eigenvalue weighted by Gasteiger charge is 2.31. The molecule has 0 radical (unpaired) electrons. The standard InChI is InChI=1S/C16H21NO4/c1-16(2,3)21-15(19)17-12-9-13(20-14(18)10-12)11-7-5-4-6-8-11/h4-8,12-13H,9-10H2,1-3H3,(H,17,19)/t12-,13+/m0/s1. The van der Waals surface area contributed by atoms with E-state index in [0.717, 1.165) is 5.56 Å². The normalized spacial score (nSPS) is 22.3. The number of carbonyl (C=O) groups excluding carboxylic acids is 2. The van der Waals surface area contributed by atoms with E-state index in [2.05, 4.69) is 5.32 Å². The summed E-state index contributed by atoms with van der Waals surface area (Å²) in [6.45, 7) is 5.40. The molecule has 1 aliphatic rings. The molecule has 1 N–H and O–H groups in total. The fourth-order valence-corrected chi connectivity index (χ4v) is 2.25. The van der Waals surface area contributed by atoms with Crippen LogP contribution in [-0.2, 0) is 14.3 Å². The van der Waals surface area contributed by atoms with E-state index in [0.29, 0.717) is 6.42 Å². The second-order valence-corrected chi connectivity index (χ2v) is 6.17. The maximum Gasteiger partial charge on any atom is 0.407 e. The van der Waals surface area contributed by atoms with Crippen LogP contribution in [0.1, 0.15) is 45.3 Å². The van der Waals surface area contributed by atoms with Gasteiger partial charge in [-0.15, -0.1) is 0 Å². The lowest BCUT2D eigenvalue weighted by atomic mass is 9.97. The second kappa shape index (κ2) is 6.16. The van der Waals surface area contributed by atoms with Crippen LogP contribution < -0.4 is 5.32 Å². The van der Waals surface area contributed by atoms with Crippen LogP contribution in [-0.4, -0.2) is 23.7 Å².